The first-order valence-corrected chi connectivity index (χ1v) is 7.33. The van der Waals surface area contributed by atoms with Crippen LogP contribution in [0, 0.1) is 0 Å². The van der Waals surface area contributed by atoms with Gasteiger partial charge in [-0.2, -0.15) is 5.01 Å². The van der Waals surface area contributed by atoms with E-state index in [9.17, 15) is 4.79 Å². The lowest BCUT2D eigenvalue weighted by atomic mass is 10.2. The van der Waals surface area contributed by atoms with Crippen molar-refractivity contribution in [1.82, 2.24) is 5.27 Å². The lowest BCUT2D eigenvalue weighted by Crippen LogP contribution is -2.59. The summed E-state index contributed by atoms with van der Waals surface area (Å²) < 4.78 is 5.19. The molecule has 6 heteroatoms. The number of rotatable bonds is 3. The van der Waals surface area contributed by atoms with Gasteiger partial charge in [0.25, 0.3) is 12.1 Å². The molecule has 110 valence electrons. The second-order valence-electron chi connectivity index (χ2n) is 5.17. The van der Waals surface area contributed by atoms with Gasteiger partial charge in [-0.15, -0.1) is 0 Å². The number of aromatic nitrogens is 2. The number of nitrogens with zero attached hydrogens (tertiary/aromatic N) is 3. The number of benzene rings is 1. The number of carbonyl (C=O) groups excluding carboxylic acids is 1. The topological polar surface area (TPSA) is 62.3 Å². The Balaban J connectivity index is 1.66. The van der Waals surface area contributed by atoms with Crippen molar-refractivity contribution in [2.75, 3.05) is 23.4 Å². The summed E-state index contributed by atoms with van der Waals surface area (Å²) >= 11 is 0. The molecule has 21 heavy (non-hydrogen) atoms. The van der Waals surface area contributed by atoms with Crippen molar-refractivity contribution >= 4 is 11.8 Å². The zero-order chi connectivity index (χ0) is 14.5. The zero-order valence-corrected chi connectivity index (χ0v) is 11.9. The molecule has 0 aliphatic carbocycles. The maximum Gasteiger partial charge on any atom is 0.306 e. The Kier molecular flexibility index (Phi) is 4.14. The summed E-state index contributed by atoms with van der Waals surface area (Å²) in [6.45, 7) is 1.92. The van der Waals surface area contributed by atoms with E-state index in [0.717, 1.165) is 25.9 Å². The second-order valence-corrected chi connectivity index (χ2v) is 5.17. The molecular weight excluding hydrogens is 268 g/mol. The van der Waals surface area contributed by atoms with Gasteiger partial charge >= 0.3 is 5.88 Å². The largest absolute Gasteiger partial charge is 0.306 e. The minimum atomic E-state index is -0.199. The van der Waals surface area contributed by atoms with Crippen LogP contribution < -0.4 is 15.1 Å². The van der Waals surface area contributed by atoms with E-state index < -0.39 is 0 Å². The molecule has 0 bridgehead atoms. The summed E-state index contributed by atoms with van der Waals surface area (Å²) in [6, 6.07) is 9.04. The molecule has 1 aromatic carbocycles. The first-order chi connectivity index (χ1) is 10.3. The summed E-state index contributed by atoms with van der Waals surface area (Å²) in [5.74, 6) is 0.155. The molecule has 1 aliphatic rings. The van der Waals surface area contributed by atoms with Gasteiger partial charge in [0.05, 0.1) is 17.9 Å². The maximum absolute atomic E-state index is 12.0. The molecule has 0 atom stereocenters. The van der Waals surface area contributed by atoms with E-state index in [1.54, 1.807) is 23.1 Å². The molecule has 3 rings (SSSR count). The molecule has 2 aromatic rings. The number of amides is 1. The average Bonchev–Trinajstić information content (AvgIpc) is 2.81. The number of hydrogen-bond acceptors (Lipinski definition) is 4. The van der Waals surface area contributed by atoms with Crippen LogP contribution in [-0.4, -0.2) is 24.3 Å². The highest BCUT2D eigenvalue weighted by Gasteiger charge is 2.22. The van der Waals surface area contributed by atoms with E-state index in [-0.39, 0.29) is 5.91 Å². The van der Waals surface area contributed by atoms with Crippen LogP contribution in [0.3, 0.4) is 0 Å². The molecule has 0 spiro atoms. The molecule has 0 saturated carbocycles. The molecule has 1 N–H and O–H groups in total. The van der Waals surface area contributed by atoms with Crippen LogP contribution in [0.2, 0.25) is 0 Å². The average molecular weight is 287 g/mol. The van der Waals surface area contributed by atoms with Gasteiger partial charge in [-0.25, -0.2) is 0 Å². The molecule has 2 heterocycles. The van der Waals surface area contributed by atoms with Gasteiger partial charge in [0.1, 0.15) is 0 Å². The third-order valence-corrected chi connectivity index (χ3v) is 3.60. The minimum Gasteiger partial charge on any atom is -0.285 e. The highest BCUT2D eigenvalue weighted by atomic mass is 16.5. The highest BCUT2D eigenvalue weighted by Crippen LogP contribution is 2.08. The van der Waals surface area contributed by atoms with Gasteiger partial charge < -0.3 is 0 Å². The van der Waals surface area contributed by atoms with Crippen LogP contribution in [0.5, 0.6) is 0 Å². The van der Waals surface area contributed by atoms with E-state index in [0.29, 0.717) is 11.4 Å². The molecule has 0 unspecified atom stereocenters. The molecule has 1 aromatic heterocycles. The van der Waals surface area contributed by atoms with Gasteiger partial charge in [0.15, 0.2) is 0 Å². The van der Waals surface area contributed by atoms with E-state index in [1.165, 1.54) is 12.8 Å². The Bertz CT molecular complexity index is 589. The molecule has 0 radical (unpaired) electrons. The van der Waals surface area contributed by atoms with Crippen molar-refractivity contribution in [3.05, 3.63) is 42.1 Å². The monoisotopic (exact) mass is 287 g/mol. The lowest BCUT2D eigenvalue weighted by molar-refractivity contribution is -0.758. The van der Waals surface area contributed by atoms with Crippen molar-refractivity contribution in [3.63, 3.8) is 0 Å². The summed E-state index contributed by atoms with van der Waals surface area (Å²) in [4.78, 5) is 13.7. The van der Waals surface area contributed by atoms with Gasteiger partial charge in [-0.1, -0.05) is 31.0 Å². The highest BCUT2D eigenvalue weighted by molar-refractivity contribution is 6.03. The Hall–Kier alpha value is -2.37. The fraction of sp³-hybridized carbons (Fsp3) is 0.400. The summed E-state index contributed by atoms with van der Waals surface area (Å²) in [5, 5.41) is 8.83. The quantitative estimate of drug-likeness (QED) is 0.873. The van der Waals surface area contributed by atoms with Crippen LogP contribution >= 0.6 is 0 Å². The molecule has 1 fully saturated rings. The fourth-order valence-electron chi connectivity index (χ4n) is 2.46. The SMILES string of the molecule is O=C(Nc1c[n+](N2CCCCCC2)no1)c1ccccc1. The van der Waals surface area contributed by atoms with Crippen LogP contribution in [0.25, 0.3) is 0 Å². The second kappa shape index (κ2) is 6.39. The number of anilines is 1. The van der Waals surface area contributed by atoms with Crippen LogP contribution in [0.15, 0.2) is 41.1 Å². The van der Waals surface area contributed by atoms with Crippen molar-refractivity contribution in [2.45, 2.75) is 25.7 Å². The summed E-state index contributed by atoms with van der Waals surface area (Å²) in [5.41, 5.74) is 0.593. The van der Waals surface area contributed by atoms with Crippen molar-refractivity contribution < 1.29 is 14.1 Å². The minimum absolute atomic E-state index is 0.199. The number of carbonyl (C=O) groups is 1. The van der Waals surface area contributed by atoms with Gasteiger partial charge in [-0.3, -0.25) is 14.6 Å². The van der Waals surface area contributed by atoms with Crippen LogP contribution in [0.1, 0.15) is 36.0 Å². The van der Waals surface area contributed by atoms with Gasteiger partial charge in [0, 0.05) is 5.56 Å². The molecular formula is C15H19N4O2+. The van der Waals surface area contributed by atoms with E-state index in [4.69, 9.17) is 4.52 Å². The third kappa shape index (κ3) is 3.39. The molecule has 6 nitrogen and oxygen atoms in total. The summed E-state index contributed by atoms with van der Waals surface area (Å²) in [7, 11) is 0. The Morgan fingerprint density at radius 3 is 2.57 bits per heavy atom. The first-order valence-electron chi connectivity index (χ1n) is 7.33. The van der Waals surface area contributed by atoms with Crippen LogP contribution in [0.4, 0.5) is 5.88 Å². The number of nitrogens with one attached hydrogen (secondary N) is 1. The normalized spacial score (nSPS) is 15.5. The Morgan fingerprint density at radius 2 is 1.86 bits per heavy atom. The number of hydrogen-bond donors (Lipinski definition) is 1. The van der Waals surface area contributed by atoms with Crippen molar-refractivity contribution in [3.8, 4) is 0 Å². The summed E-state index contributed by atoms with van der Waals surface area (Å²) in [6.07, 6.45) is 6.54. The van der Waals surface area contributed by atoms with E-state index >= 15 is 0 Å². The first kappa shape index (κ1) is 13.6. The Labute approximate surface area is 123 Å². The fourth-order valence-corrected chi connectivity index (χ4v) is 2.46. The van der Waals surface area contributed by atoms with Crippen molar-refractivity contribution in [1.29, 1.82) is 0 Å². The van der Waals surface area contributed by atoms with Crippen molar-refractivity contribution in [2.24, 2.45) is 0 Å². The van der Waals surface area contributed by atoms with E-state index in [1.807, 2.05) is 18.2 Å². The van der Waals surface area contributed by atoms with Gasteiger partial charge in [0.2, 0.25) is 5.27 Å². The predicted octanol–water partition coefficient (Wildman–Crippen LogP) is 1.73. The zero-order valence-electron chi connectivity index (χ0n) is 11.9. The Morgan fingerprint density at radius 1 is 1.14 bits per heavy atom. The van der Waals surface area contributed by atoms with Crippen LogP contribution in [-0.2, 0) is 0 Å². The standard InChI is InChI=1S/C15H18N4O2/c20-15(13-8-4-3-5-9-13)16-14-12-19(17-21-14)18-10-6-1-2-7-11-18/h3-5,8-9,12H,1-2,6-7,10-11H2/p+1. The molecule has 1 amide bonds. The van der Waals surface area contributed by atoms with E-state index in [2.05, 4.69) is 15.6 Å². The molecule has 1 aliphatic heterocycles. The smallest absolute Gasteiger partial charge is 0.285 e. The maximum atomic E-state index is 12.0. The molecule has 1 saturated heterocycles. The lowest BCUT2D eigenvalue weighted by Gasteiger charge is -2.08. The van der Waals surface area contributed by atoms with Gasteiger partial charge in [-0.05, 0) is 25.0 Å². The predicted molar refractivity (Wildman–Crippen MR) is 77.5 cm³/mol. The third-order valence-electron chi connectivity index (χ3n) is 3.60.